The molecule has 1 aromatic heterocycles. The van der Waals surface area contributed by atoms with Crippen LogP contribution in [0, 0.1) is 0 Å². The van der Waals surface area contributed by atoms with E-state index in [-0.39, 0.29) is 6.23 Å². The molecule has 0 bridgehead atoms. The summed E-state index contributed by atoms with van der Waals surface area (Å²) in [6.45, 7) is 4.65. The molecule has 1 fully saturated rings. The molecule has 5 nitrogen and oxygen atoms in total. The molecule has 0 spiro atoms. The Bertz CT molecular complexity index is 459. The number of piperidine rings is 1. The molecule has 0 amide bonds. The van der Waals surface area contributed by atoms with Crippen molar-refractivity contribution < 1.29 is 5.11 Å². The van der Waals surface area contributed by atoms with E-state index < -0.39 is 0 Å². The standard InChI is InChI=1S/C15H24N4O/c16-14-5-4-12-10-19(9-6-13(12)17-14)15(20)11-18-7-2-1-3-8-18/h4-5,15,20H,1-3,6-11H2,(H2,16,17). The highest BCUT2D eigenvalue weighted by Gasteiger charge is 2.24. The molecule has 1 atom stereocenters. The monoisotopic (exact) mass is 276 g/mol. The van der Waals surface area contributed by atoms with Crippen LogP contribution in [0.5, 0.6) is 0 Å². The third-order valence-corrected chi connectivity index (χ3v) is 4.39. The summed E-state index contributed by atoms with van der Waals surface area (Å²) in [4.78, 5) is 8.91. The van der Waals surface area contributed by atoms with Crippen LogP contribution in [-0.4, -0.2) is 52.3 Å². The summed E-state index contributed by atoms with van der Waals surface area (Å²) >= 11 is 0. The van der Waals surface area contributed by atoms with Crippen LogP contribution in [0.25, 0.3) is 0 Å². The lowest BCUT2D eigenvalue weighted by Gasteiger charge is -2.36. The van der Waals surface area contributed by atoms with Gasteiger partial charge in [-0.15, -0.1) is 0 Å². The molecule has 0 saturated carbocycles. The summed E-state index contributed by atoms with van der Waals surface area (Å²) in [6.07, 6.45) is 4.35. The van der Waals surface area contributed by atoms with Crippen molar-refractivity contribution in [2.24, 2.45) is 0 Å². The van der Waals surface area contributed by atoms with Crippen LogP contribution in [-0.2, 0) is 13.0 Å². The summed E-state index contributed by atoms with van der Waals surface area (Å²) in [7, 11) is 0. The topological polar surface area (TPSA) is 65.6 Å². The summed E-state index contributed by atoms with van der Waals surface area (Å²) in [6, 6.07) is 3.89. The van der Waals surface area contributed by atoms with Gasteiger partial charge < -0.3 is 10.8 Å². The van der Waals surface area contributed by atoms with Gasteiger partial charge in [-0.2, -0.15) is 0 Å². The molecular weight excluding hydrogens is 252 g/mol. The van der Waals surface area contributed by atoms with Crippen molar-refractivity contribution in [3.8, 4) is 0 Å². The van der Waals surface area contributed by atoms with E-state index in [0.29, 0.717) is 5.82 Å². The number of β-amino-alcohol motifs (C(OH)–C–C–N with tert-alkyl or cyclic N) is 1. The highest BCUT2D eigenvalue weighted by Crippen LogP contribution is 2.20. The van der Waals surface area contributed by atoms with Crippen LogP contribution in [0.2, 0.25) is 0 Å². The van der Waals surface area contributed by atoms with Crippen molar-refractivity contribution in [1.29, 1.82) is 0 Å². The first-order chi connectivity index (χ1) is 9.72. The molecule has 3 N–H and O–H groups in total. The molecule has 2 aliphatic rings. The minimum Gasteiger partial charge on any atom is -0.384 e. The summed E-state index contributed by atoms with van der Waals surface area (Å²) in [5.74, 6) is 0.589. The third kappa shape index (κ3) is 3.11. The molecule has 1 aromatic rings. The quantitative estimate of drug-likeness (QED) is 0.856. The van der Waals surface area contributed by atoms with E-state index >= 15 is 0 Å². The first-order valence-corrected chi connectivity index (χ1v) is 7.61. The molecule has 20 heavy (non-hydrogen) atoms. The molecule has 0 aromatic carbocycles. The maximum Gasteiger partial charge on any atom is 0.123 e. The number of nitrogen functional groups attached to an aromatic ring is 1. The van der Waals surface area contributed by atoms with Crippen LogP contribution in [0.4, 0.5) is 5.82 Å². The van der Waals surface area contributed by atoms with Crippen LogP contribution >= 0.6 is 0 Å². The second kappa shape index (κ2) is 6.08. The van der Waals surface area contributed by atoms with Gasteiger partial charge in [0, 0.05) is 31.7 Å². The molecule has 0 radical (unpaired) electrons. The van der Waals surface area contributed by atoms with Crippen LogP contribution < -0.4 is 5.73 Å². The average Bonchev–Trinajstić information content (AvgIpc) is 2.47. The molecule has 1 unspecified atom stereocenters. The maximum absolute atomic E-state index is 10.4. The number of nitrogens with two attached hydrogens (primary N) is 1. The number of aliphatic hydroxyl groups excluding tert-OH is 1. The molecule has 2 aliphatic heterocycles. The molecule has 0 aliphatic carbocycles. The van der Waals surface area contributed by atoms with E-state index in [0.717, 1.165) is 44.8 Å². The maximum atomic E-state index is 10.4. The number of hydrogen-bond donors (Lipinski definition) is 2. The lowest BCUT2D eigenvalue weighted by molar-refractivity contribution is -0.0322. The number of anilines is 1. The van der Waals surface area contributed by atoms with Gasteiger partial charge in [0.1, 0.15) is 12.0 Å². The number of aromatic nitrogens is 1. The first kappa shape index (κ1) is 13.8. The van der Waals surface area contributed by atoms with E-state index in [4.69, 9.17) is 5.73 Å². The van der Waals surface area contributed by atoms with Crippen molar-refractivity contribution in [2.75, 3.05) is 31.9 Å². The molecule has 3 rings (SSSR count). The van der Waals surface area contributed by atoms with Gasteiger partial charge in [-0.1, -0.05) is 12.5 Å². The molecule has 3 heterocycles. The largest absolute Gasteiger partial charge is 0.384 e. The van der Waals surface area contributed by atoms with Crippen molar-refractivity contribution in [3.63, 3.8) is 0 Å². The minimum absolute atomic E-state index is 0.376. The Hall–Kier alpha value is -1.17. The Morgan fingerprint density at radius 2 is 2.00 bits per heavy atom. The third-order valence-electron chi connectivity index (χ3n) is 4.39. The molecule has 110 valence electrons. The number of likely N-dealkylation sites (tertiary alicyclic amines) is 1. The summed E-state index contributed by atoms with van der Waals surface area (Å²) in [5.41, 5.74) is 8.01. The van der Waals surface area contributed by atoms with Crippen LogP contribution in [0.1, 0.15) is 30.5 Å². The van der Waals surface area contributed by atoms with E-state index in [1.54, 1.807) is 0 Å². The Kier molecular flexibility index (Phi) is 4.19. The van der Waals surface area contributed by atoms with Gasteiger partial charge in [-0.05, 0) is 37.6 Å². The minimum atomic E-state index is -0.376. The number of fused-ring (bicyclic) bond motifs is 1. The summed E-state index contributed by atoms with van der Waals surface area (Å²) < 4.78 is 0. The van der Waals surface area contributed by atoms with Gasteiger partial charge >= 0.3 is 0 Å². The smallest absolute Gasteiger partial charge is 0.123 e. The van der Waals surface area contributed by atoms with Crippen molar-refractivity contribution in [3.05, 3.63) is 23.4 Å². The van der Waals surface area contributed by atoms with E-state index in [1.807, 2.05) is 12.1 Å². The molecule has 5 heteroatoms. The Balaban J connectivity index is 1.59. The SMILES string of the molecule is Nc1ccc2c(n1)CCN(C(O)CN1CCCCC1)C2. The molecule has 1 saturated heterocycles. The number of aliphatic hydroxyl groups is 1. The predicted octanol–water partition coefficient (Wildman–Crippen LogP) is 0.826. The number of hydrogen-bond acceptors (Lipinski definition) is 5. The fourth-order valence-corrected chi connectivity index (χ4v) is 3.20. The van der Waals surface area contributed by atoms with Crippen LogP contribution in [0.3, 0.4) is 0 Å². The highest BCUT2D eigenvalue weighted by atomic mass is 16.3. The lowest BCUT2D eigenvalue weighted by atomic mass is 10.1. The molecular formula is C15H24N4O. The fourth-order valence-electron chi connectivity index (χ4n) is 3.20. The Morgan fingerprint density at radius 3 is 2.80 bits per heavy atom. The van der Waals surface area contributed by atoms with E-state index in [2.05, 4.69) is 14.8 Å². The number of nitrogens with zero attached hydrogens (tertiary/aromatic N) is 3. The predicted molar refractivity (Wildman–Crippen MR) is 79.1 cm³/mol. The second-order valence-corrected chi connectivity index (χ2v) is 5.90. The van der Waals surface area contributed by atoms with Crippen LogP contribution in [0.15, 0.2) is 12.1 Å². The van der Waals surface area contributed by atoms with E-state index in [1.165, 1.54) is 24.8 Å². The Morgan fingerprint density at radius 1 is 1.20 bits per heavy atom. The van der Waals surface area contributed by atoms with Gasteiger partial charge in [-0.3, -0.25) is 9.80 Å². The Labute approximate surface area is 120 Å². The highest BCUT2D eigenvalue weighted by molar-refractivity contribution is 5.35. The average molecular weight is 276 g/mol. The first-order valence-electron chi connectivity index (χ1n) is 7.61. The zero-order chi connectivity index (χ0) is 13.9. The van der Waals surface area contributed by atoms with Gasteiger partial charge in [0.15, 0.2) is 0 Å². The van der Waals surface area contributed by atoms with Gasteiger partial charge in [0.2, 0.25) is 0 Å². The van der Waals surface area contributed by atoms with Crippen molar-refractivity contribution in [1.82, 2.24) is 14.8 Å². The van der Waals surface area contributed by atoms with Crippen molar-refractivity contribution in [2.45, 2.75) is 38.5 Å². The zero-order valence-electron chi connectivity index (χ0n) is 12.0. The summed E-state index contributed by atoms with van der Waals surface area (Å²) in [5, 5.41) is 10.4. The van der Waals surface area contributed by atoms with E-state index in [9.17, 15) is 5.11 Å². The van der Waals surface area contributed by atoms with Crippen molar-refractivity contribution >= 4 is 5.82 Å². The lowest BCUT2D eigenvalue weighted by Crippen LogP contribution is -2.47. The fraction of sp³-hybridized carbons (Fsp3) is 0.667. The van der Waals surface area contributed by atoms with Gasteiger partial charge in [0.25, 0.3) is 0 Å². The zero-order valence-corrected chi connectivity index (χ0v) is 12.0. The normalized spacial score (nSPS) is 22.4. The number of pyridine rings is 1. The second-order valence-electron chi connectivity index (χ2n) is 5.90. The number of rotatable bonds is 3. The van der Waals surface area contributed by atoms with Gasteiger partial charge in [-0.25, -0.2) is 4.98 Å². The van der Waals surface area contributed by atoms with Gasteiger partial charge in [0.05, 0.1) is 0 Å².